The zero-order chi connectivity index (χ0) is 16.4. The molecule has 2 aromatic rings. The molecular weight excluding hydrogens is 288 g/mol. The third-order valence-corrected chi connectivity index (χ3v) is 3.87. The number of carbonyl (C=O) groups is 1. The summed E-state index contributed by atoms with van der Waals surface area (Å²) in [5.41, 5.74) is 4.31. The van der Waals surface area contributed by atoms with Crippen LogP contribution in [0.15, 0.2) is 42.7 Å². The molecule has 2 heterocycles. The van der Waals surface area contributed by atoms with Crippen LogP contribution in [0, 0.1) is 0 Å². The van der Waals surface area contributed by atoms with Crippen LogP contribution in [0.1, 0.15) is 31.9 Å². The SMILES string of the molecule is CC(C)(C)OC(=O)N1CCc2cc(-c3cccnc3)ccc2C1. The van der Waals surface area contributed by atoms with Gasteiger partial charge >= 0.3 is 6.09 Å². The van der Waals surface area contributed by atoms with Crippen molar-refractivity contribution < 1.29 is 9.53 Å². The van der Waals surface area contributed by atoms with Crippen molar-refractivity contribution >= 4 is 6.09 Å². The smallest absolute Gasteiger partial charge is 0.410 e. The second kappa shape index (κ2) is 6.03. The second-order valence-electron chi connectivity index (χ2n) is 6.88. The molecular formula is C19H22N2O2. The van der Waals surface area contributed by atoms with E-state index in [4.69, 9.17) is 4.74 Å². The van der Waals surface area contributed by atoms with E-state index in [9.17, 15) is 4.79 Å². The average molecular weight is 310 g/mol. The fraction of sp³-hybridized carbons (Fsp3) is 0.368. The van der Waals surface area contributed by atoms with Crippen LogP contribution in [0.3, 0.4) is 0 Å². The van der Waals surface area contributed by atoms with Gasteiger partial charge in [-0.1, -0.05) is 24.3 Å². The Bertz CT molecular complexity index is 705. The Morgan fingerprint density at radius 3 is 2.70 bits per heavy atom. The first-order chi connectivity index (χ1) is 10.9. The molecule has 1 aromatic carbocycles. The molecule has 4 nitrogen and oxygen atoms in total. The molecule has 0 bridgehead atoms. The number of nitrogens with zero attached hydrogens (tertiary/aromatic N) is 2. The van der Waals surface area contributed by atoms with E-state index >= 15 is 0 Å². The van der Waals surface area contributed by atoms with Crippen LogP contribution in [0.25, 0.3) is 11.1 Å². The number of benzene rings is 1. The van der Waals surface area contributed by atoms with Crippen molar-refractivity contribution in [3.8, 4) is 11.1 Å². The molecule has 0 aliphatic carbocycles. The zero-order valence-electron chi connectivity index (χ0n) is 13.9. The summed E-state index contributed by atoms with van der Waals surface area (Å²) >= 11 is 0. The van der Waals surface area contributed by atoms with Gasteiger partial charge in [0.25, 0.3) is 0 Å². The van der Waals surface area contributed by atoms with E-state index in [2.05, 4.69) is 29.2 Å². The standard InChI is InChI=1S/C19H22N2O2/c1-19(2,3)23-18(22)21-10-8-15-11-14(6-7-17(15)13-21)16-5-4-9-20-12-16/h4-7,9,11-12H,8,10,13H2,1-3H3. The summed E-state index contributed by atoms with van der Waals surface area (Å²) in [5.74, 6) is 0. The third-order valence-electron chi connectivity index (χ3n) is 3.87. The first-order valence-electron chi connectivity index (χ1n) is 7.92. The molecule has 0 atom stereocenters. The Kier molecular flexibility index (Phi) is 4.07. The van der Waals surface area contributed by atoms with Gasteiger partial charge in [-0.25, -0.2) is 4.79 Å². The predicted molar refractivity (Wildman–Crippen MR) is 90.0 cm³/mol. The molecule has 0 N–H and O–H groups in total. The molecule has 1 aliphatic rings. The Hall–Kier alpha value is -2.36. The van der Waals surface area contributed by atoms with Crippen molar-refractivity contribution in [3.05, 3.63) is 53.9 Å². The summed E-state index contributed by atoms with van der Waals surface area (Å²) < 4.78 is 5.46. The van der Waals surface area contributed by atoms with E-state index in [1.807, 2.05) is 33.0 Å². The van der Waals surface area contributed by atoms with Crippen LogP contribution < -0.4 is 0 Å². The Labute approximate surface area is 137 Å². The van der Waals surface area contributed by atoms with Crippen LogP contribution in [0.5, 0.6) is 0 Å². The van der Waals surface area contributed by atoms with E-state index in [1.165, 1.54) is 16.7 Å². The summed E-state index contributed by atoms with van der Waals surface area (Å²) in [5, 5.41) is 0. The van der Waals surface area contributed by atoms with Gasteiger partial charge in [0.1, 0.15) is 5.60 Å². The molecule has 0 saturated heterocycles. The number of carbonyl (C=O) groups excluding carboxylic acids is 1. The van der Waals surface area contributed by atoms with E-state index in [1.54, 1.807) is 11.1 Å². The molecule has 1 aliphatic heterocycles. The highest BCUT2D eigenvalue weighted by molar-refractivity contribution is 5.69. The number of ether oxygens (including phenoxy) is 1. The number of hydrogen-bond acceptors (Lipinski definition) is 3. The van der Waals surface area contributed by atoms with Gasteiger partial charge in [0.05, 0.1) is 0 Å². The summed E-state index contributed by atoms with van der Waals surface area (Å²) in [7, 11) is 0. The van der Waals surface area contributed by atoms with E-state index in [-0.39, 0.29) is 6.09 Å². The van der Waals surface area contributed by atoms with Crippen LogP contribution >= 0.6 is 0 Å². The highest BCUT2D eigenvalue weighted by Gasteiger charge is 2.25. The Balaban J connectivity index is 1.77. The van der Waals surface area contributed by atoms with Crippen molar-refractivity contribution in [2.75, 3.05) is 6.54 Å². The third kappa shape index (κ3) is 3.70. The lowest BCUT2D eigenvalue weighted by atomic mass is 9.95. The molecule has 0 unspecified atom stereocenters. The fourth-order valence-electron chi connectivity index (χ4n) is 2.75. The zero-order valence-corrected chi connectivity index (χ0v) is 13.9. The molecule has 23 heavy (non-hydrogen) atoms. The van der Waals surface area contributed by atoms with Gasteiger partial charge in [-0.15, -0.1) is 0 Å². The molecule has 120 valence electrons. The van der Waals surface area contributed by atoms with Gasteiger partial charge in [-0.2, -0.15) is 0 Å². The minimum atomic E-state index is -0.457. The van der Waals surface area contributed by atoms with Gasteiger partial charge in [0.15, 0.2) is 0 Å². The summed E-state index contributed by atoms with van der Waals surface area (Å²) in [6.45, 7) is 6.98. The highest BCUT2D eigenvalue weighted by Crippen LogP contribution is 2.26. The average Bonchev–Trinajstić information content (AvgIpc) is 2.53. The van der Waals surface area contributed by atoms with E-state index in [0.29, 0.717) is 13.1 Å². The minimum Gasteiger partial charge on any atom is -0.444 e. The maximum atomic E-state index is 12.2. The largest absolute Gasteiger partial charge is 0.444 e. The number of pyridine rings is 1. The molecule has 0 radical (unpaired) electrons. The number of amides is 1. The lowest BCUT2D eigenvalue weighted by molar-refractivity contribution is 0.0224. The Morgan fingerprint density at radius 1 is 1.17 bits per heavy atom. The van der Waals surface area contributed by atoms with Gasteiger partial charge in [0, 0.05) is 25.5 Å². The van der Waals surface area contributed by atoms with Crippen molar-refractivity contribution in [2.45, 2.75) is 39.3 Å². The number of fused-ring (bicyclic) bond motifs is 1. The van der Waals surface area contributed by atoms with Crippen LogP contribution in [0.2, 0.25) is 0 Å². The molecule has 1 amide bonds. The van der Waals surface area contributed by atoms with Gasteiger partial charge in [0.2, 0.25) is 0 Å². The lowest BCUT2D eigenvalue weighted by Gasteiger charge is -2.31. The van der Waals surface area contributed by atoms with Gasteiger partial charge in [-0.05, 0) is 55.5 Å². The molecule has 0 fully saturated rings. The van der Waals surface area contributed by atoms with Crippen LogP contribution in [-0.2, 0) is 17.7 Å². The maximum Gasteiger partial charge on any atom is 0.410 e. The number of hydrogen-bond donors (Lipinski definition) is 0. The number of aromatic nitrogens is 1. The Morgan fingerprint density at radius 2 is 2.00 bits per heavy atom. The first-order valence-corrected chi connectivity index (χ1v) is 7.92. The monoisotopic (exact) mass is 310 g/mol. The lowest BCUT2D eigenvalue weighted by Crippen LogP contribution is -2.39. The minimum absolute atomic E-state index is 0.237. The number of rotatable bonds is 1. The summed E-state index contributed by atoms with van der Waals surface area (Å²) in [6.07, 6.45) is 4.26. The van der Waals surface area contributed by atoms with Crippen LogP contribution in [-0.4, -0.2) is 28.1 Å². The van der Waals surface area contributed by atoms with Crippen LogP contribution in [0.4, 0.5) is 4.79 Å². The maximum absolute atomic E-state index is 12.2. The van der Waals surface area contributed by atoms with Crippen molar-refractivity contribution in [1.82, 2.24) is 9.88 Å². The molecule has 1 aromatic heterocycles. The quantitative estimate of drug-likeness (QED) is 0.798. The molecule has 0 spiro atoms. The van der Waals surface area contributed by atoms with E-state index < -0.39 is 5.60 Å². The summed E-state index contributed by atoms with van der Waals surface area (Å²) in [6, 6.07) is 10.4. The highest BCUT2D eigenvalue weighted by atomic mass is 16.6. The molecule has 4 heteroatoms. The fourth-order valence-corrected chi connectivity index (χ4v) is 2.75. The normalized spacial score (nSPS) is 14.3. The van der Waals surface area contributed by atoms with E-state index in [0.717, 1.165) is 12.0 Å². The molecule has 0 saturated carbocycles. The van der Waals surface area contributed by atoms with Gasteiger partial charge < -0.3 is 9.64 Å². The van der Waals surface area contributed by atoms with Crippen molar-refractivity contribution in [1.29, 1.82) is 0 Å². The predicted octanol–water partition coefficient (Wildman–Crippen LogP) is 4.04. The topological polar surface area (TPSA) is 42.4 Å². The summed E-state index contributed by atoms with van der Waals surface area (Å²) in [4.78, 5) is 18.2. The molecule has 3 rings (SSSR count). The van der Waals surface area contributed by atoms with Crippen molar-refractivity contribution in [3.63, 3.8) is 0 Å². The van der Waals surface area contributed by atoms with Crippen molar-refractivity contribution in [2.24, 2.45) is 0 Å². The second-order valence-corrected chi connectivity index (χ2v) is 6.88. The van der Waals surface area contributed by atoms with Gasteiger partial charge in [-0.3, -0.25) is 4.98 Å². The first kappa shape index (κ1) is 15.5.